The number of hydrogen-bond acceptors (Lipinski definition) is 6. The van der Waals surface area contributed by atoms with Crippen LogP contribution < -0.4 is 4.90 Å². The van der Waals surface area contributed by atoms with Gasteiger partial charge in [-0.2, -0.15) is 4.98 Å². The Morgan fingerprint density at radius 1 is 1.12 bits per heavy atom. The average Bonchev–Trinajstić information content (AvgIpc) is 3.35. The molecule has 1 aliphatic heterocycles. The molecule has 0 radical (unpaired) electrons. The molecule has 6 heteroatoms. The standard InChI is InChI=1S/C20H29N5O/c1-24(15-19-22-20(23-26-19)17-4-2-3-5-17)14-16-8-12-25(13-9-16)18-6-10-21-11-7-18/h6-7,10-11,16-17H,2-5,8-9,12-15H2,1H3. The van der Waals surface area contributed by atoms with Crippen LogP contribution in [0.4, 0.5) is 5.69 Å². The van der Waals surface area contributed by atoms with E-state index < -0.39 is 0 Å². The molecule has 1 saturated heterocycles. The molecule has 2 fully saturated rings. The number of hydrogen-bond donors (Lipinski definition) is 0. The molecule has 140 valence electrons. The molecule has 2 aliphatic rings. The average molecular weight is 355 g/mol. The van der Waals surface area contributed by atoms with Crippen molar-refractivity contribution >= 4 is 5.69 Å². The highest BCUT2D eigenvalue weighted by Gasteiger charge is 2.24. The smallest absolute Gasteiger partial charge is 0.240 e. The van der Waals surface area contributed by atoms with Crippen LogP contribution in [0.5, 0.6) is 0 Å². The van der Waals surface area contributed by atoms with Crippen LogP contribution >= 0.6 is 0 Å². The topological polar surface area (TPSA) is 58.3 Å². The first-order valence-electron chi connectivity index (χ1n) is 9.94. The third kappa shape index (κ3) is 4.23. The van der Waals surface area contributed by atoms with Crippen LogP contribution in [0, 0.1) is 5.92 Å². The molecule has 1 saturated carbocycles. The molecule has 26 heavy (non-hydrogen) atoms. The Bertz CT molecular complexity index is 675. The van der Waals surface area contributed by atoms with Crippen molar-refractivity contribution in [2.75, 3.05) is 31.6 Å². The summed E-state index contributed by atoms with van der Waals surface area (Å²) in [4.78, 5) is 13.5. The fraction of sp³-hybridized carbons (Fsp3) is 0.650. The lowest BCUT2D eigenvalue weighted by atomic mass is 9.96. The molecule has 4 rings (SSSR count). The molecule has 0 spiro atoms. The van der Waals surface area contributed by atoms with Gasteiger partial charge in [-0.25, -0.2) is 0 Å². The normalized spacial score (nSPS) is 19.5. The van der Waals surface area contributed by atoms with E-state index in [-0.39, 0.29) is 0 Å². The highest BCUT2D eigenvalue weighted by atomic mass is 16.5. The Hall–Kier alpha value is -1.95. The van der Waals surface area contributed by atoms with E-state index in [4.69, 9.17) is 4.52 Å². The van der Waals surface area contributed by atoms with Crippen LogP contribution in [0.2, 0.25) is 0 Å². The van der Waals surface area contributed by atoms with Gasteiger partial charge in [0, 0.05) is 43.6 Å². The van der Waals surface area contributed by atoms with Crippen LogP contribution in [-0.2, 0) is 6.54 Å². The van der Waals surface area contributed by atoms with Crippen LogP contribution in [0.3, 0.4) is 0 Å². The predicted molar refractivity (Wildman–Crippen MR) is 101 cm³/mol. The maximum atomic E-state index is 5.49. The molecule has 0 atom stereocenters. The Balaban J connectivity index is 1.23. The lowest BCUT2D eigenvalue weighted by Crippen LogP contribution is -2.37. The van der Waals surface area contributed by atoms with Crippen molar-refractivity contribution in [3.05, 3.63) is 36.2 Å². The minimum Gasteiger partial charge on any atom is -0.371 e. The highest BCUT2D eigenvalue weighted by molar-refractivity contribution is 5.44. The zero-order valence-corrected chi connectivity index (χ0v) is 15.7. The fourth-order valence-electron chi connectivity index (χ4n) is 4.35. The van der Waals surface area contributed by atoms with Gasteiger partial charge >= 0.3 is 0 Å². The monoisotopic (exact) mass is 355 g/mol. The summed E-state index contributed by atoms with van der Waals surface area (Å²) >= 11 is 0. The minimum absolute atomic E-state index is 0.523. The molecule has 0 N–H and O–H groups in total. The maximum absolute atomic E-state index is 5.49. The van der Waals surface area contributed by atoms with Crippen molar-refractivity contribution in [2.45, 2.75) is 51.0 Å². The number of pyridine rings is 1. The maximum Gasteiger partial charge on any atom is 0.240 e. The van der Waals surface area contributed by atoms with E-state index in [1.807, 2.05) is 12.4 Å². The molecule has 0 bridgehead atoms. The summed E-state index contributed by atoms with van der Waals surface area (Å²) in [5.41, 5.74) is 1.29. The van der Waals surface area contributed by atoms with Gasteiger partial charge in [-0.05, 0) is 50.8 Å². The van der Waals surface area contributed by atoms with Gasteiger partial charge in [0.05, 0.1) is 6.54 Å². The van der Waals surface area contributed by atoms with E-state index in [1.165, 1.54) is 44.2 Å². The number of piperidine rings is 1. The Labute approximate surface area is 155 Å². The SMILES string of the molecule is CN(Cc1nc(C2CCCC2)no1)CC1CCN(c2ccncc2)CC1. The molecular formula is C20H29N5O. The Kier molecular flexibility index (Phi) is 5.48. The predicted octanol–water partition coefficient (Wildman–Crippen LogP) is 3.47. The van der Waals surface area contributed by atoms with E-state index in [0.29, 0.717) is 5.92 Å². The molecule has 0 aromatic carbocycles. The largest absolute Gasteiger partial charge is 0.371 e. The fourth-order valence-corrected chi connectivity index (χ4v) is 4.35. The van der Waals surface area contributed by atoms with E-state index >= 15 is 0 Å². The molecule has 0 amide bonds. The second-order valence-corrected chi connectivity index (χ2v) is 7.86. The van der Waals surface area contributed by atoms with Crippen molar-refractivity contribution in [3.8, 4) is 0 Å². The van der Waals surface area contributed by atoms with Crippen LogP contribution in [0.1, 0.15) is 56.2 Å². The summed E-state index contributed by atoms with van der Waals surface area (Å²) < 4.78 is 5.49. The summed E-state index contributed by atoms with van der Waals surface area (Å²) in [5, 5.41) is 4.22. The molecule has 0 unspecified atom stereocenters. The molecule has 1 aliphatic carbocycles. The first-order chi connectivity index (χ1) is 12.8. The number of anilines is 1. The second kappa shape index (κ2) is 8.16. The van der Waals surface area contributed by atoms with Crippen LogP contribution in [-0.4, -0.2) is 46.7 Å². The van der Waals surface area contributed by atoms with Gasteiger partial charge in [-0.1, -0.05) is 18.0 Å². The minimum atomic E-state index is 0.523. The van der Waals surface area contributed by atoms with Gasteiger partial charge in [0.25, 0.3) is 0 Å². The molecule has 2 aromatic heterocycles. The number of aromatic nitrogens is 3. The van der Waals surface area contributed by atoms with Gasteiger partial charge < -0.3 is 9.42 Å². The quantitative estimate of drug-likeness (QED) is 0.791. The third-order valence-electron chi connectivity index (χ3n) is 5.82. The lowest BCUT2D eigenvalue weighted by Gasteiger charge is -2.35. The highest BCUT2D eigenvalue weighted by Crippen LogP contribution is 2.32. The number of nitrogens with zero attached hydrogens (tertiary/aromatic N) is 5. The lowest BCUT2D eigenvalue weighted by molar-refractivity contribution is 0.215. The van der Waals surface area contributed by atoms with E-state index in [0.717, 1.165) is 43.8 Å². The van der Waals surface area contributed by atoms with Crippen LogP contribution in [0.25, 0.3) is 0 Å². The van der Waals surface area contributed by atoms with Crippen LogP contribution in [0.15, 0.2) is 29.0 Å². The first kappa shape index (κ1) is 17.5. The van der Waals surface area contributed by atoms with E-state index in [9.17, 15) is 0 Å². The van der Waals surface area contributed by atoms with Gasteiger partial charge in [0.15, 0.2) is 5.82 Å². The van der Waals surface area contributed by atoms with E-state index in [1.54, 1.807) is 0 Å². The molecule has 3 heterocycles. The third-order valence-corrected chi connectivity index (χ3v) is 5.82. The number of rotatable bonds is 6. The Morgan fingerprint density at radius 3 is 2.58 bits per heavy atom. The summed E-state index contributed by atoms with van der Waals surface area (Å²) in [7, 11) is 2.16. The van der Waals surface area contributed by atoms with Gasteiger partial charge in [-0.15, -0.1) is 0 Å². The first-order valence-corrected chi connectivity index (χ1v) is 9.94. The van der Waals surface area contributed by atoms with Gasteiger partial charge in [0.2, 0.25) is 5.89 Å². The van der Waals surface area contributed by atoms with Gasteiger partial charge in [-0.3, -0.25) is 9.88 Å². The van der Waals surface area contributed by atoms with Crippen molar-refractivity contribution in [1.82, 2.24) is 20.0 Å². The molecule has 2 aromatic rings. The van der Waals surface area contributed by atoms with Crippen molar-refractivity contribution < 1.29 is 4.52 Å². The summed E-state index contributed by atoms with van der Waals surface area (Å²) in [6.45, 7) is 4.08. The van der Waals surface area contributed by atoms with Crippen molar-refractivity contribution in [3.63, 3.8) is 0 Å². The summed E-state index contributed by atoms with van der Waals surface area (Å²) in [5.74, 6) is 2.95. The zero-order valence-electron chi connectivity index (χ0n) is 15.7. The summed E-state index contributed by atoms with van der Waals surface area (Å²) in [6, 6.07) is 4.20. The van der Waals surface area contributed by atoms with E-state index in [2.05, 4.69) is 44.1 Å². The van der Waals surface area contributed by atoms with Crippen molar-refractivity contribution in [1.29, 1.82) is 0 Å². The van der Waals surface area contributed by atoms with Crippen molar-refractivity contribution in [2.24, 2.45) is 5.92 Å². The van der Waals surface area contributed by atoms with Gasteiger partial charge in [0.1, 0.15) is 0 Å². The summed E-state index contributed by atoms with van der Waals surface area (Å²) in [6.07, 6.45) is 11.2. The molecule has 6 nitrogen and oxygen atoms in total. The Morgan fingerprint density at radius 2 is 1.85 bits per heavy atom. The molecular weight excluding hydrogens is 326 g/mol. The zero-order chi connectivity index (χ0) is 17.8. The second-order valence-electron chi connectivity index (χ2n) is 7.86.